The summed E-state index contributed by atoms with van der Waals surface area (Å²) in [5, 5.41) is 3.60. The molecule has 0 radical (unpaired) electrons. The number of hydrogen-bond donors (Lipinski definition) is 1. The highest BCUT2D eigenvalue weighted by molar-refractivity contribution is 4.77. The fourth-order valence-electron chi connectivity index (χ4n) is 2.41. The number of hydrogen-bond acceptors (Lipinski definition) is 3. The van der Waals surface area contributed by atoms with E-state index in [4.69, 9.17) is 9.47 Å². The van der Waals surface area contributed by atoms with E-state index in [-0.39, 0.29) is 6.10 Å². The molecule has 0 spiro atoms. The van der Waals surface area contributed by atoms with Crippen LogP contribution in [0.2, 0.25) is 0 Å². The minimum Gasteiger partial charge on any atom is -0.382 e. The molecule has 3 atom stereocenters. The van der Waals surface area contributed by atoms with Gasteiger partial charge in [0.25, 0.3) is 0 Å². The summed E-state index contributed by atoms with van der Waals surface area (Å²) in [7, 11) is 1.71. The van der Waals surface area contributed by atoms with Gasteiger partial charge in [-0.05, 0) is 25.7 Å². The summed E-state index contributed by atoms with van der Waals surface area (Å²) in [6, 6.07) is 0.704. The molecule has 0 heterocycles. The Kier molecular flexibility index (Phi) is 7.01. The molecule has 3 unspecified atom stereocenters. The molecule has 0 bridgehead atoms. The van der Waals surface area contributed by atoms with Crippen LogP contribution in [0.25, 0.3) is 0 Å². The Morgan fingerprint density at radius 3 is 2.75 bits per heavy atom. The molecule has 3 nitrogen and oxygen atoms in total. The number of methoxy groups -OCH3 is 1. The lowest BCUT2D eigenvalue weighted by atomic mass is 9.86. The van der Waals surface area contributed by atoms with Gasteiger partial charge in [-0.1, -0.05) is 19.8 Å². The summed E-state index contributed by atoms with van der Waals surface area (Å²) in [6.07, 6.45) is 5.69. The lowest BCUT2D eigenvalue weighted by molar-refractivity contribution is 0.00927. The fraction of sp³-hybridized carbons (Fsp3) is 1.00. The molecule has 0 aliphatic heterocycles. The van der Waals surface area contributed by atoms with Crippen LogP contribution in [0.4, 0.5) is 0 Å². The third-order valence-electron chi connectivity index (χ3n) is 3.42. The van der Waals surface area contributed by atoms with Crippen molar-refractivity contribution in [3.63, 3.8) is 0 Å². The van der Waals surface area contributed by atoms with Crippen LogP contribution < -0.4 is 5.32 Å². The Bertz CT molecular complexity index is 175. The van der Waals surface area contributed by atoms with E-state index in [1.165, 1.54) is 25.7 Å². The van der Waals surface area contributed by atoms with Crippen molar-refractivity contribution in [1.29, 1.82) is 0 Å². The first-order valence-corrected chi connectivity index (χ1v) is 6.58. The van der Waals surface area contributed by atoms with E-state index in [1.54, 1.807) is 7.11 Å². The number of ether oxygens (including phenoxy) is 2. The van der Waals surface area contributed by atoms with Gasteiger partial charge in [-0.3, -0.25) is 0 Å². The van der Waals surface area contributed by atoms with Gasteiger partial charge in [0.15, 0.2) is 0 Å². The van der Waals surface area contributed by atoms with Gasteiger partial charge in [0.1, 0.15) is 0 Å². The van der Waals surface area contributed by atoms with Crippen molar-refractivity contribution in [3.8, 4) is 0 Å². The highest BCUT2D eigenvalue weighted by atomic mass is 16.5. The SMILES string of the molecule is COCC(C)OCCNC1CCCCC1C. The molecule has 1 N–H and O–H groups in total. The first-order chi connectivity index (χ1) is 7.74. The molecular weight excluding hydrogens is 202 g/mol. The van der Waals surface area contributed by atoms with E-state index in [2.05, 4.69) is 12.2 Å². The van der Waals surface area contributed by atoms with Crippen molar-refractivity contribution >= 4 is 0 Å². The van der Waals surface area contributed by atoms with E-state index in [9.17, 15) is 0 Å². The summed E-state index contributed by atoms with van der Waals surface area (Å²) in [4.78, 5) is 0. The molecule has 1 aliphatic carbocycles. The normalized spacial score (nSPS) is 27.9. The summed E-state index contributed by atoms with van der Waals surface area (Å²) in [5.74, 6) is 0.824. The Labute approximate surface area is 99.9 Å². The van der Waals surface area contributed by atoms with Crippen LogP contribution in [-0.2, 0) is 9.47 Å². The Morgan fingerprint density at radius 2 is 2.06 bits per heavy atom. The standard InChI is InChI=1S/C13H27NO2/c1-11-6-4-5-7-13(11)14-8-9-16-12(2)10-15-3/h11-14H,4-10H2,1-3H3. The van der Waals surface area contributed by atoms with Crippen molar-refractivity contribution in [2.75, 3.05) is 26.9 Å². The second-order valence-electron chi connectivity index (χ2n) is 4.96. The van der Waals surface area contributed by atoms with E-state index >= 15 is 0 Å². The average molecular weight is 229 g/mol. The molecule has 96 valence electrons. The van der Waals surface area contributed by atoms with Crippen LogP contribution >= 0.6 is 0 Å². The zero-order chi connectivity index (χ0) is 11.8. The highest BCUT2D eigenvalue weighted by Crippen LogP contribution is 2.23. The van der Waals surface area contributed by atoms with E-state index in [0.29, 0.717) is 12.6 Å². The number of rotatable bonds is 7. The van der Waals surface area contributed by atoms with Gasteiger partial charge in [0.2, 0.25) is 0 Å². The van der Waals surface area contributed by atoms with Crippen LogP contribution in [-0.4, -0.2) is 39.0 Å². The van der Waals surface area contributed by atoms with Gasteiger partial charge < -0.3 is 14.8 Å². The van der Waals surface area contributed by atoms with E-state index < -0.39 is 0 Å². The average Bonchev–Trinajstić information content (AvgIpc) is 2.27. The molecular formula is C13H27NO2. The van der Waals surface area contributed by atoms with Crippen LogP contribution in [0.5, 0.6) is 0 Å². The van der Waals surface area contributed by atoms with Gasteiger partial charge in [0.05, 0.1) is 19.3 Å². The highest BCUT2D eigenvalue weighted by Gasteiger charge is 2.20. The Hall–Kier alpha value is -0.120. The smallest absolute Gasteiger partial charge is 0.0780 e. The molecule has 0 aromatic rings. The first-order valence-electron chi connectivity index (χ1n) is 6.58. The maximum atomic E-state index is 5.62. The quantitative estimate of drug-likeness (QED) is 0.679. The molecule has 0 saturated heterocycles. The van der Waals surface area contributed by atoms with Crippen molar-refractivity contribution in [2.45, 2.75) is 51.7 Å². The maximum absolute atomic E-state index is 5.62. The van der Waals surface area contributed by atoms with Crippen LogP contribution in [0.1, 0.15) is 39.5 Å². The summed E-state index contributed by atoms with van der Waals surface area (Å²) in [6.45, 7) is 6.83. The Balaban J connectivity index is 2.01. The van der Waals surface area contributed by atoms with Gasteiger partial charge in [-0.15, -0.1) is 0 Å². The summed E-state index contributed by atoms with van der Waals surface area (Å²) in [5.41, 5.74) is 0. The van der Waals surface area contributed by atoms with Gasteiger partial charge >= 0.3 is 0 Å². The second kappa shape index (κ2) is 8.04. The van der Waals surface area contributed by atoms with Crippen LogP contribution in [0.3, 0.4) is 0 Å². The van der Waals surface area contributed by atoms with Gasteiger partial charge in [-0.25, -0.2) is 0 Å². The topological polar surface area (TPSA) is 30.5 Å². The summed E-state index contributed by atoms with van der Waals surface area (Å²) >= 11 is 0. The molecule has 0 amide bonds. The molecule has 3 heteroatoms. The van der Waals surface area contributed by atoms with Crippen LogP contribution in [0, 0.1) is 5.92 Å². The fourth-order valence-corrected chi connectivity index (χ4v) is 2.41. The lowest BCUT2D eigenvalue weighted by Gasteiger charge is -2.29. The Morgan fingerprint density at radius 1 is 1.31 bits per heavy atom. The zero-order valence-corrected chi connectivity index (χ0v) is 11.0. The predicted octanol–water partition coefficient (Wildman–Crippen LogP) is 2.21. The maximum Gasteiger partial charge on any atom is 0.0780 e. The van der Waals surface area contributed by atoms with E-state index in [0.717, 1.165) is 19.1 Å². The zero-order valence-electron chi connectivity index (χ0n) is 11.0. The lowest BCUT2D eigenvalue weighted by Crippen LogP contribution is -2.39. The first kappa shape index (κ1) is 13.9. The molecule has 1 saturated carbocycles. The largest absolute Gasteiger partial charge is 0.382 e. The molecule has 0 aromatic heterocycles. The third kappa shape index (κ3) is 5.28. The molecule has 1 fully saturated rings. The monoisotopic (exact) mass is 229 g/mol. The summed E-state index contributed by atoms with van der Waals surface area (Å²) < 4.78 is 10.6. The van der Waals surface area contributed by atoms with Crippen molar-refractivity contribution < 1.29 is 9.47 Å². The van der Waals surface area contributed by atoms with Crippen molar-refractivity contribution in [3.05, 3.63) is 0 Å². The third-order valence-corrected chi connectivity index (χ3v) is 3.42. The van der Waals surface area contributed by atoms with Gasteiger partial charge in [0, 0.05) is 19.7 Å². The van der Waals surface area contributed by atoms with Gasteiger partial charge in [-0.2, -0.15) is 0 Å². The van der Waals surface area contributed by atoms with Crippen molar-refractivity contribution in [2.24, 2.45) is 5.92 Å². The molecule has 16 heavy (non-hydrogen) atoms. The molecule has 0 aromatic carbocycles. The minimum absolute atomic E-state index is 0.204. The number of nitrogens with one attached hydrogen (secondary N) is 1. The van der Waals surface area contributed by atoms with E-state index in [1.807, 2.05) is 6.92 Å². The molecule has 1 aliphatic rings. The predicted molar refractivity (Wildman–Crippen MR) is 66.7 cm³/mol. The molecule has 1 rings (SSSR count). The van der Waals surface area contributed by atoms with Crippen molar-refractivity contribution in [1.82, 2.24) is 5.32 Å². The van der Waals surface area contributed by atoms with Crippen LogP contribution in [0.15, 0.2) is 0 Å². The minimum atomic E-state index is 0.204. The second-order valence-corrected chi connectivity index (χ2v) is 4.96.